The molecule has 0 radical (unpaired) electrons. The number of ether oxygens (including phenoxy) is 2. The van der Waals surface area contributed by atoms with Gasteiger partial charge in [-0.2, -0.15) is 0 Å². The number of amides is 1. The Labute approximate surface area is 119 Å². The zero-order chi connectivity index (χ0) is 14.5. The van der Waals surface area contributed by atoms with Gasteiger partial charge in [0.25, 0.3) is 0 Å². The highest BCUT2D eigenvalue weighted by molar-refractivity contribution is 5.93. The first-order valence-corrected chi connectivity index (χ1v) is 6.92. The van der Waals surface area contributed by atoms with Gasteiger partial charge in [0.2, 0.25) is 5.91 Å². The van der Waals surface area contributed by atoms with Crippen LogP contribution < -0.4 is 11.5 Å². The molecule has 2 rings (SSSR count). The number of rotatable bonds is 5. The van der Waals surface area contributed by atoms with Crippen LogP contribution in [0.1, 0.15) is 41.6 Å². The minimum Gasteiger partial charge on any atom is -0.398 e. The molecule has 1 aliphatic rings. The molecule has 4 N–H and O–H groups in total. The summed E-state index contributed by atoms with van der Waals surface area (Å²) in [6, 6.07) is 5.07. The van der Waals surface area contributed by atoms with Crippen molar-refractivity contribution in [3.63, 3.8) is 0 Å². The molecule has 2 unspecified atom stereocenters. The second-order valence-electron chi connectivity index (χ2n) is 5.24. The van der Waals surface area contributed by atoms with Crippen molar-refractivity contribution in [1.82, 2.24) is 0 Å². The molecule has 2 atom stereocenters. The molecule has 1 aromatic rings. The smallest absolute Gasteiger partial charge is 0.248 e. The SMILES string of the molecule is COC1CCCC(OCc2ccc(C(N)=O)cc2N)C1. The Balaban J connectivity index is 1.92. The molecule has 20 heavy (non-hydrogen) atoms. The maximum atomic E-state index is 11.1. The fourth-order valence-electron chi connectivity index (χ4n) is 2.55. The summed E-state index contributed by atoms with van der Waals surface area (Å²) >= 11 is 0. The minimum absolute atomic E-state index is 0.212. The van der Waals surface area contributed by atoms with Crippen molar-refractivity contribution < 1.29 is 14.3 Å². The van der Waals surface area contributed by atoms with Gasteiger partial charge < -0.3 is 20.9 Å². The van der Waals surface area contributed by atoms with Gasteiger partial charge in [0.05, 0.1) is 18.8 Å². The Morgan fingerprint density at radius 1 is 1.35 bits per heavy atom. The number of primary amides is 1. The zero-order valence-corrected chi connectivity index (χ0v) is 11.8. The van der Waals surface area contributed by atoms with E-state index in [1.807, 2.05) is 0 Å². The maximum Gasteiger partial charge on any atom is 0.248 e. The van der Waals surface area contributed by atoms with Gasteiger partial charge in [-0.1, -0.05) is 6.07 Å². The van der Waals surface area contributed by atoms with Crippen molar-refractivity contribution in [3.05, 3.63) is 29.3 Å². The van der Waals surface area contributed by atoms with Crippen molar-refractivity contribution in [2.75, 3.05) is 12.8 Å². The van der Waals surface area contributed by atoms with Crippen LogP contribution in [-0.4, -0.2) is 25.2 Å². The van der Waals surface area contributed by atoms with E-state index in [1.165, 1.54) is 0 Å². The van der Waals surface area contributed by atoms with Gasteiger partial charge in [-0.15, -0.1) is 0 Å². The predicted octanol–water partition coefficient (Wildman–Crippen LogP) is 1.84. The first kappa shape index (κ1) is 14.8. The summed E-state index contributed by atoms with van der Waals surface area (Å²) in [6.07, 6.45) is 4.72. The summed E-state index contributed by atoms with van der Waals surface area (Å²) < 4.78 is 11.3. The highest BCUT2D eigenvalue weighted by atomic mass is 16.5. The van der Waals surface area contributed by atoms with Crippen LogP contribution in [0.25, 0.3) is 0 Å². The molecule has 1 saturated carbocycles. The maximum absolute atomic E-state index is 11.1. The van der Waals surface area contributed by atoms with Crippen molar-refractivity contribution in [2.24, 2.45) is 5.73 Å². The normalized spacial score (nSPS) is 22.6. The fraction of sp³-hybridized carbons (Fsp3) is 0.533. The molecule has 1 aromatic carbocycles. The fourth-order valence-corrected chi connectivity index (χ4v) is 2.55. The second-order valence-corrected chi connectivity index (χ2v) is 5.24. The minimum atomic E-state index is -0.473. The van der Waals surface area contributed by atoms with Crippen molar-refractivity contribution in [3.8, 4) is 0 Å². The van der Waals surface area contributed by atoms with Crippen molar-refractivity contribution >= 4 is 11.6 Å². The molecular formula is C15H22N2O3. The van der Waals surface area contributed by atoms with E-state index in [-0.39, 0.29) is 6.10 Å². The quantitative estimate of drug-likeness (QED) is 0.804. The summed E-state index contributed by atoms with van der Waals surface area (Å²) in [5.41, 5.74) is 13.0. The topological polar surface area (TPSA) is 87.6 Å². The lowest BCUT2D eigenvalue weighted by Gasteiger charge is -2.28. The standard InChI is InChI=1S/C15H22N2O3/c1-19-12-3-2-4-13(8-12)20-9-11-6-5-10(15(17)18)7-14(11)16/h5-7,12-13H,2-4,8-9,16H2,1H3,(H2,17,18). The van der Waals surface area contributed by atoms with E-state index in [1.54, 1.807) is 25.3 Å². The van der Waals surface area contributed by atoms with Crippen LogP contribution in [0.15, 0.2) is 18.2 Å². The van der Waals surface area contributed by atoms with E-state index < -0.39 is 5.91 Å². The van der Waals surface area contributed by atoms with Crippen molar-refractivity contribution in [2.45, 2.75) is 44.5 Å². The molecule has 1 aliphatic carbocycles. The lowest BCUT2D eigenvalue weighted by molar-refractivity contribution is -0.0361. The summed E-state index contributed by atoms with van der Waals surface area (Å²) in [6.45, 7) is 0.450. The van der Waals surface area contributed by atoms with Gasteiger partial charge in [-0.3, -0.25) is 4.79 Å². The second kappa shape index (κ2) is 6.72. The third-order valence-corrected chi connectivity index (χ3v) is 3.82. The van der Waals surface area contributed by atoms with E-state index in [0.29, 0.717) is 24.0 Å². The number of methoxy groups -OCH3 is 1. The van der Waals surface area contributed by atoms with Crippen LogP contribution in [-0.2, 0) is 16.1 Å². The third-order valence-electron chi connectivity index (χ3n) is 3.82. The van der Waals surface area contributed by atoms with Gasteiger partial charge in [0, 0.05) is 23.9 Å². The first-order valence-electron chi connectivity index (χ1n) is 6.92. The number of nitrogen functional groups attached to an aromatic ring is 1. The number of carbonyl (C=O) groups is 1. The Morgan fingerprint density at radius 2 is 2.10 bits per heavy atom. The average Bonchev–Trinajstić information content (AvgIpc) is 2.46. The van der Waals surface area contributed by atoms with Crippen LogP contribution in [0.4, 0.5) is 5.69 Å². The lowest BCUT2D eigenvalue weighted by Crippen LogP contribution is -2.27. The van der Waals surface area contributed by atoms with E-state index >= 15 is 0 Å². The molecule has 0 heterocycles. The first-order chi connectivity index (χ1) is 9.60. The number of nitrogens with two attached hydrogens (primary N) is 2. The van der Waals surface area contributed by atoms with Crippen molar-refractivity contribution in [1.29, 1.82) is 0 Å². The molecule has 5 nitrogen and oxygen atoms in total. The number of hydrogen-bond acceptors (Lipinski definition) is 4. The zero-order valence-electron chi connectivity index (χ0n) is 11.8. The highest BCUT2D eigenvalue weighted by Crippen LogP contribution is 2.25. The molecule has 0 spiro atoms. The van der Waals surface area contributed by atoms with Gasteiger partial charge in [-0.25, -0.2) is 0 Å². The largest absolute Gasteiger partial charge is 0.398 e. The van der Waals surface area contributed by atoms with Crippen LogP contribution >= 0.6 is 0 Å². The molecular weight excluding hydrogens is 256 g/mol. The molecule has 0 aliphatic heterocycles. The van der Waals surface area contributed by atoms with E-state index in [2.05, 4.69) is 0 Å². The van der Waals surface area contributed by atoms with E-state index in [9.17, 15) is 4.79 Å². The van der Waals surface area contributed by atoms with Crippen LogP contribution in [0.3, 0.4) is 0 Å². The summed E-state index contributed by atoms with van der Waals surface area (Å²) in [7, 11) is 1.74. The molecule has 110 valence electrons. The van der Waals surface area contributed by atoms with Gasteiger partial charge in [0.15, 0.2) is 0 Å². The predicted molar refractivity (Wildman–Crippen MR) is 77.2 cm³/mol. The Morgan fingerprint density at radius 3 is 2.75 bits per heavy atom. The molecule has 1 fully saturated rings. The number of anilines is 1. The molecule has 0 bridgehead atoms. The third kappa shape index (κ3) is 3.71. The molecule has 5 heteroatoms. The summed E-state index contributed by atoms with van der Waals surface area (Å²) in [5.74, 6) is -0.473. The van der Waals surface area contributed by atoms with Crippen LogP contribution in [0.5, 0.6) is 0 Å². The highest BCUT2D eigenvalue weighted by Gasteiger charge is 2.22. The Bertz CT molecular complexity index is 476. The monoisotopic (exact) mass is 278 g/mol. The van der Waals surface area contributed by atoms with Gasteiger partial charge >= 0.3 is 0 Å². The summed E-state index contributed by atoms with van der Waals surface area (Å²) in [5, 5.41) is 0. The number of hydrogen-bond donors (Lipinski definition) is 2. The lowest BCUT2D eigenvalue weighted by atomic mass is 9.95. The number of benzene rings is 1. The summed E-state index contributed by atoms with van der Waals surface area (Å²) in [4.78, 5) is 11.1. The average molecular weight is 278 g/mol. The van der Waals surface area contributed by atoms with Gasteiger partial charge in [0.1, 0.15) is 0 Å². The van der Waals surface area contributed by atoms with Gasteiger partial charge in [-0.05, 0) is 37.8 Å². The Hall–Kier alpha value is -1.59. The molecule has 1 amide bonds. The van der Waals surface area contributed by atoms with E-state index in [0.717, 1.165) is 31.2 Å². The Kier molecular flexibility index (Phi) is 4.98. The molecule has 0 saturated heterocycles. The van der Waals surface area contributed by atoms with E-state index in [4.69, 9.17) is 20.9 Å². The van der Waals surface area contributed by atoms with Crippen LogP contribution in [0.2, 0.25) is 0 Å². The van der Waals surface area contributed by atoms with Crippen LogP contribution in [0, 0.1) is 0 Å². The number of carbonyl (C=O) groups excluding carboxylic acids is 1. The molecule has 0 aromatic heterocycles.